The third-order valence-electron chi connectivity index (χ3n) is 4.75. The number of ether oxygens (including phenoxy) is 1. The molecule has 0 aliphatic heterocycles. The molecule has 1 saturated carbocycles. The van der Waals surface area contributed by atoms with Crippen LogP contribution in [0.1, 0.15) is 60.3 Å². The van der Waals surface area contributed by atoms with Gasteiger partial charge in [-0.05, 0) is 52.4 Å². The number of halogens is 3. The molecule has 0 spiro atoms. The van der Waals surface area contributed by atoms with Crippen LogP contribution in [0.2, 0.25) is 0 Å². The van der Waals surface area contributed by atoms with Gasteiger partial charge in [-0.2, -0.15) is 13.2 Å². The van der Waals surface area contributed by atoms with E-state index in [0.29, 0.717) is 25.3 Å². The molecular formula is C19H35F3N4O2. The monoisotopic (exact) mass is 408 g/mol. The second-order valence-electron chi connectivity index (χ2n) is 8.68. The van der Waals surface area contributed by atoms with Crippen molar-refractivity contribution in [2.45, 2.75) is 84.2 Å². The Morgan fingerprint density at radius 3 is 2.14 bits per heavy atom. The van der Waals surface area contributed by atoms with Crippen LogP contribution in [0.5, 0.6) is 0 Å². The molecule has 1 aliphatic carbocycles. The molecule has 1 atom stereocenters. The van der Waals surface area contributed by atoms with E-state index >= 15 is 0 Å². The Labute approximate surface area is 166 Å². The van der Waals surface area contributed by atoms with Crippen molar-refractivity contribution in [1.29, 1.82) is 0 Å². The van der Waals surface area contributed by atoms with E-state index in [2.05, 4.69) is 20.9 Å². The van der Waals surface area contributed by atoms with Crippen LogP contribution >= 0.6 is 0 Å². The number of hydrogen-bond acceptors (Lipinski definition) is 3. The lowest BCUT2D eigenvalue weighted by molar-refractivity contribution is -0.182. The van der Waals surface area contributed by atoms with Crippen molar-refractivity contribution in [3.8, 4) is 0 Å². The number of guanidine groups is 1. The summed E-state index contributed by atoms with van der Waals surface area (Å²) in [6, 6.07) is -0.226. The lowest BCUT2D eigenvalue weighted by Crippen LogP contribution is -2.52. The van der Waals surface area contributed by atoms with Crippen LogP contribution in [0.3, 0.4) is 0 Å². The van der Waals surface area contributed by atoms with Gasteiger partial charge in [0.15, 0.2) is 5.96 Å². The molecule has 1 fully saturated rings. The minimum absolute atomic E-state index is 0.0406. The van der Waals surface area contributed by atoms with Gasteiger partial charge in [0, 0.05) is 19.6 Å². The highest BCUT2D eigenvalue weighted by Crippen LogP contribution is 2.37. The summed E-state index contributed by atoms with van der Waals surface area (Å²) in [6.45, 7) is 9.79. The Morgan fingerprint density at radius 2 is 1.71 bits per heavy atom. The molecule has 1 amide bonds. The van der Waals surface area contributed by atoms with Crippen LogP contribution in [0, 0.1) is 11.8 Å². The second kappa shape index (κ2) is 10.2. The SMILES string of the molecule is CN=C(NCC(NC(=O)OC(C)(C)C)C(C)C)NC1CCC(C(F)(F)F)CC1. The molecule has 3 N–H and O–H groups in total. The quantitative estimate of drug-likeness (QED) is 0.478. The summed E-state index contributed by atoms with van der Waals surface area (Å²) in [6.07, 6.45) is -3.42. The second-order valence-corrected chi connectivity index (χ2v) is 8.68. The number of aliphatic imine (C=N–C) groups is 1. The third kappa shape index (κ3) is 9.01. The first kappa shape index (κ1) is 24.4. The van der Waals surface area contributed by atoms with Crippen molar-refractivity contribution in [2.24, 2.45) is 16.8 Å². The van der Waals surface area contributed by atoms with Gasteiger partial charge in [0.25, 0.3) is 0 Å². The molecule has 6 nitrogen and oxygen atoms in total. The smallest absolute Gasteiger partial charge is 0.407 e. The molecule has 0 bridgehead atoms. The number of rotatable bonds is 5. The van der Waals surface area contributed by atoms with E-state index in [-0.39, 0.29) is 30.8 Å². The highest BCUT2D eigenvalue weighted by Gasteiger charge is 2.41. The van der Waals surface area contributed by atoms with E-state index in [0.717, 1.165) is 0 Å². The first-order valence-electron chi connectivity index (χ1n) is 9.85. The minimum atomic E-state index is -4.11. The summed E-state index contributed by atoms with van der Waals surface area (Å²) < 4.78 is 43.7. The fourth-order valence-corrected chi connectivity index (χ4v) is 3.07. The van der Waals surface area contributed by atoms with Gasteiger partial charge in [-0.1, -0.05) is 13.8 Å². The Balaban J connectivity index is 2.50. The van der Waals surface area contributed by atoms with Crippen LogP contribution in [0.4, 0.5) is 18.0 Å². The molecule has 9 heteroatoms. The Bertz CT molecular complexity index is 522. The predicted octanol–water partition coefficient (Wildman–Crippen LogP) is 3.82. The van der Waals surface area contributed by atoms with Gasteiger partial charge in [0.05, 0.1) is 12.0 Å². The number of hydrogen-bond donors (Lipinski definition) is 3. The number of carbonyl (C=O) groups is 1. The summed E-state index contributed by atoms with van der Waals surface area (Å²) >= 11 is 0. The summed E-state index contributed by atoms with van der Waals surface area (Å²) in [4.78, 5) is 16.2. The highest BCUT2D eigenvalue weighted by atomic mass is 19.4. The van der Waals surface area contributed by atoms with Crippen molar-refractivity contribution in [3.63, 3.8) is 0 Å². The summed E-state index contributed by atoms with van der Waals surface area (Å²) in [5.74, 6) is -0.531. The van der Waals surface area contributed by atoms with E-state index < -0.39 is 23.8 Å². The number of alkyl halides is 3. The van der Waals surface area contributed by atoms with Crippen LogP contribution in [-0.2, 0) is 4.74 Å². The molecule has 0 heterocycles. The molecular weight excluding hydrogens is 373 g/mol. The fraction of sp³-hybridized carbons (Fsp3) is 0.895. The maximum atomic E-state index is 12.8. The highest BCUT2D eigenvalue weighted by molar-refractivity contribution is 5.80. The van der Waals surface area contributed by atoms with Gasteiger partial charge in [-0.3, -0.25) is 4.99 Å². The van der Waals surface area contributed by atoms with Crippen molar-refractivity contribution in [2.75, 3.05) is 13.6 Å². The van der Waals surface area contributed by atoms with E-state index in [1.165, 1.54) is 0 Å². The normalized spacial score (nSPS) is 22.6. The number of nitrogens with zero attached hydrogens (tertiary/aromatic N) is 1. The molecule has 164 valence electrons. The van der Waals surface area contributed by atoms with E-state index in [1.807, 2.05) is 13.8 Å². The number of carbonyl (C=O) groups excluding carboxylic acids is 1. The third-order valence-corrected chi connectivity index (χ3v) is 4.75. The van der Waals surface area contributed by atoms with E-state index in [9.17, 15) is 18.0 Å². The standard InChI is InChI=1S/C19H35F3N4O2/c1-12(2)15(26-17(27)28-18(3,4)5)11-24-16(23-6)25-14-9-7-13(8-10-14)19(20,21)22/h12-15H,7-11H2,1-6H3,(H,26,27)(H2,23,24,25). The number of amides is 1. The summed E-state index contributed by atoms with van der Waals surface area (Å²) in [5.41, 5.74) is -0.577. The van der Waals surface area contributed by atoms with Crippen LogP contribution in [0.25, 0.3) is 0 Å². The zero-order chi connectivity index (χ0) is 21.5. The lowest BCUT2D eigenvalue weighted by Gasteiger charge is -2.31. The first-order valence-corrected chi connectivity index (χ1v) is 9.85. The van der Waals surface area contributed by atoms with Gasteiger partial charge < -0.3 is 20.7 Å². The van der Waals surface area contributed by atoms with Gasteiger partial charge in [-0.25, -0.2) is 4.79 Å². The van der Waals surface area contributed by atoms with Crippen molar-refractivity contribution >= 4 is 12.1 Å². The molecule has 28 heavy (non-hydrogen) atoms. The average molecular weight is 409 g/mol. The Hall–Kier alpha value is -1.67. The van der Waals surface area contributed by atoms with Crippen molar-refractivity contribution < 1.29 is 22.7 Å². The molecule has 1 rings (SSSR count). The average Bonchev–Trinajstić information content (AvgIpc) is 2.55. The van der Waals surface area contributed by atoms with Crippen LogP contribution in [-0.4, -0.2) is 49.5 Å². The zero-order valence-corrected chi connectivity index (χ0v) is 17.7. The number of alkyl carbamates (subject to hydrolysis) is 1. The maximum absolute atomic E-state index is 12.8. The molecule has 0 aromatic rings. The van der Waals surface area contributed by atoms with Gasteiger partial charge in [0.1, 0.15) is 5.60 Å². The minimum Gasteiger partial charge on any atom is -0.444 e. The predicted molar refractivity (Wildman–Crippen MR) is 104 cm³/mol. The molecule has 1 unspecified atom stereocenters. The first-order chi connectivity index (χ1) is 12.8. The Morgan fingerprint density at radius 1 is 1.14 bits per heavy atom. The van der Waals surface area contributed by atoms with Crippen LogP contribution < -0.4 is 16.0 Å². The molecule has 0 saturated heterocycles. The van der Waals surface area contributed by atoms with Crippen molar-refractivity contribution in [3.05, 3.63) is 0 Å². The fourth-order valence-electron chi connectivity index (χ4n) is 3.07. The van der Waals surface area contributed by atoms with Gasteiger partial charge in [0.2, 0.25) is 0 Å². The molecule has 0 aromatic heterocycles. The largest absolute Gasteiger partial charge is 0.444 e. The molecule has 1 aliphatic rings. The van der Waals surface area contributed by atoms with Gasteiger partial charge in [-0.15, -0.1) is 0 Å². The summed E-state index contributed by atoms with van der Waals surface area (Å²) in [7, 11) is 1.61. The van der Waals surface area contributed by atoms with Gasteiger partial charge >= 0.3 is 12.3 Å². The van der Waals surface area contributed by atoms with E-state index in [4.69, 9.17) is 4.74 Å². The molecule has 0 radical (unpaired) electrons. The van der Waals surface area contributed by atoms with Crippen molar-refractivity contribution in [1.82, 2.24) is 16.0 Å². The molecule has 0 aromatic carbocycles. The summed E-state index contributed by atoms with van der Waals surface area (Å²) in [5, 5.41) is 9.19. The maximum Gasteiger partial charge on any atom is 0.407 e. The number of nitrogens with one attached hydrogen (secondary N) is 3. The zero-order valence-electron chi connectivity index (χ0n) is 17.7. The Kier molecular flexibility index (Phi) is 8.88. The topological polar surface area (TPSA) is 74.8 Å². The van der Waals surface area contributed by atoms with E-state index in [1.54, 1.807) is 27.8 Å². The van der Waals surface area contributed by atoms with Crippen LogP contribution in [0.15, 0.2) is 4.99 Å². The lowest BCUT2D eigenvalue weighted by atomic mass is 9.85.